The van der Waals surface area contributed by atoms with Gasteiger partial charge in [-0.1, -0.05) is 20.3 Å². The van der Waals surface area contributed by atoms with E-state index >= 15 is 0 Å². The lowest BCUT2D eigenvalue weighted by atomic mass is 9.78. The quantitative estimate of drug-likeness (QED) is 0.816. The van der Waals surface area contributed by atoms with E-state index in [1.807, 2.05) is 0 Å². The highest BCUT2D eigenvalue weighted by Gasteiger charge is 2.39. The minimum atomic E-state index is 0.482. The Hall–Kier alpha value is -0.0800. The molecule has 2 nitrogen and oxygen atoms in total. The fourth-order valence-corrected chi connectivity index (χ4v) is 3.67. The lowest BCUT2D eigenvalue weighted by Gasteiger charge is -2.30. The molecule has 0 bridgehead atoms. The second kappa shape index (κ2) is 5.71. The van der Waals surface area contributed by atoms with E-state index in [9.17, 15) is 0 Å². The van der Waals surface area contributed by atoms with Gasteiger partial charge in [-0.15, -0.1) is 0 Å². The molecule has 2 N–H and O–H groups in total. The van der Waals surface area contributed by atoms with Crippen LogP contribution in [0.4, 0.5) is 0 Å². The van der Waals surface area contributed by atoms with Gasteiger partial charge in [-0.25, -0.2) is 0 Å². The molecule has 2 aliphatic rings. The highest BCUT2D eigenvalue weighted by molar-refractivity contribution is 4.94. The molecule has 0 aromatic rings. The first-order valence-corrected chi connectivity index (χ1v) is 7.57. The van der Waals surface area contributed by atoms with Crippen molar-refractivity contribution < 1.29 is 0 Å². The van der Waals surface area contributed by atoms with Crippen LogP contribution in [0.5, 0.6) is 0 Å². The van der Waals surface area contributed by atoms with Crippen LogP contribution in [-0.4, -0.2) is 30.1 Å². The lowest BCUT2D eigenvalue weighted by Crippen LogP contribution is -2.38. The second-order valence-corrected chi connectivity index (χ2v) is 6.79. The molecule has 100 valence electrons. The van der Waals surface area contributed by atoms with Crippen molar-refractivity contribution in [1.29, 1.82) is 0 Å². The molecule has 0 amide bonds. The number of nitrogens with two attached hydrogens (primary N) is 1. The number of rotatable bonds is 4. The summed E-state index contributed by atoms with van der Waals surface area (Å²) in [4.78, 5) is 2.71. The monoisotopic (exact) mass is 238 g/mol. The first-order chi connectivity index (χ1) is 8.08. The zero-order chi connectivity index (χ0) is 12.4. The zero-order valence-electron chi connectivity index (χ0n) is 11.9. The van der Waals surface area contributed by atoms with Crippen molar-refractivity contribution in [3.05, 3.63) is 0 Å². The maximum absolute atomic E-state index is 6.28. The van der Waals surface area contributed by atoms with E-state index in [2.05, 4.69) is 25.7 Å². The van der Waals surface area contributed by atoms with Gasteiger partial charge in [-0.2, -0.15) is 0 Å². The summed E-state index contributed by atoms with van der Waals surface area (Å²) in [6.45, 7) is 9.65. The molecular weight excluding hydrogens is 208 g/mol. The molecule has 0 aromatic carbocycles. The van der Waals surface area contributed by atoms with Crippen LogP contribution in [-0.2, 0) is 0 Å². The maximum atomic E-state index is 6.28. The van der Waals surface area contributed by atoms with Crippen molar-refractivity contribution in [2.24, 2.45) is 23.5 Å². The first kappa shape index (κ1) is 13.4. The summed E-state index contributed by atoms with van der Waals surface area (Å²) in [5, 5.41) is 0. The zero-order valence-corrected chi connectivity index (χ0v) is 11.9. The Morgan fingerprint density at radius 2 is 1.88 bits per heavy atom. The Labute approximate surface area is 107 Å². The van der Waals surface area contributed by atoms with Crippen LogP contribution in [0.15, 0.2) is 0 Å². The fraction of sp³-hybridized carbons (Fsp3) is 1.00. The molecule has 1 aliphatic carbocycles. The van der Waals surface area contributed by atoms with E-state index in [0.29, 0.717) is 6.04 Å². The van der Waals surface area contributed by atoms with E-state index < -0.39 is 0 Å². The van der Waals surface area contributed by atoms with Gasteiger partial charge in [0.25, 0.3) is 0 Å². The van der Waals surface area contributed by atoms with Gasteiger partial charge in [0.15, 0.2) is 0 Å². The molecule has 0 aromatic heterocycles. The summed E-state index contributed by atoms with van der Waals surface area (Å²) in [7, 11) is 0. The van der Waals surface area contributed by atoms with Crippen molar-refractivity contribution in [2.75, 3.05) is 13.1 Å². The molecule has 4 atom stereocenters. The molecule has 1 saturated heterocycles. The van der Waals surface area contributed by atoms with Gasteiger partial charge in [0.1, 0.15) is 0 Å². The summed E-state index contributed by atoms with van der Waals surface area (Å²) in [5.41, 5.74) is 6.28. The van der Waals surface area contributed by atoms with Crippen LogP contribution in [0.25, 0.3) is 0 Å². The second-order valence-electron chi connectivity index (χ2n) is 6.79. The summed E-state index contributed by atoms with van der Waals surface area (Å²) < 4.78 is 0. The number of hydrogen-bond acceptors (Lipinski definition) is 2. The summed E-state index contributed by atoms with van der Waals surface area (Å²) in [5.74, 6) is 2.54. The molecule has 2 heteroatoms. The molecule has 2 rings (SSSR count). The number of fused-ring (bicyclic) bond motifs is 1. The average molecular weight is 238 g/mol. The Balaban J connectivity index is 1.83. The van der Waals surface area contributed by atoms with Crippen molar-refractivity contribution in [3.63, 3.8) is 0 Å². The lowest BCUT2D eigenvalue weighted by molar-refractivity contribution is 0.223. The molecule has 2 fully saturated rings. The molecule has 0 spiro atoms. The summed E-state index contributed by atoms with van der Waals surface area (Å²) in [6, 6.07) is 1.24. The Morgan fingerprint density at radius 3 is 2.53 bits per heavy atom. The molecule has 1 heterocycles. The van der Waals surface area contributed by atoms with E-state index in [-0.39, 0.29) is 0 Å². The maximum Gasteiger partial charge on any atom is 0.00825 e. The van der Waals surface area contributed by atoms with Crippen LogP contribution < -0.4 is 5.73 Å². The third-order valence-electron chi connectivity index (χ3n) is 4.97. The summed E-state index contributed by atoms with van der Waals surface area (Å²) >= 11 is 0. The van der Waals surface area contributed by atoms with E-state index in [1.54, 1.807) is 0 Å². The van der Waals surface area contributed by atoms with Gasteiger partial charge < -0.3 is 10.6 Å². The first-order valence-electron chi connectivity index (χ1n) is 7.57. The topological polar surface area (TPSA) is 29.3 Å². The minimum Gasteiger partial charge on any atom is -0.327 e. The van der Waals surface area contributed by atoms with Gasteiger partial charge in [0.2, 0.25) is 0 Å². The van der Waals surface area contributed by atoms with Crippen molar-refractivity contribution in [2.45, 2.75) is 65.0 Å². The molecule has 4 unspecified atom stereocenters. The fourth-order valence-electron chi connectivity index (χ4n) is 3.67. The van der Waals surface area contributed by atoms with Crippen molar-refractivity contribution in [1.82, 2.24) is 4.90 Å². The largest absolute Gasteiger partial charge is 0.327 e. The van der Waals surface area contributed by atoms with E-state index in [0.717, 1.165) is 23.8 Å². The average Bonchev–Trinajstić information content (AvgIpc) is 2.71. The third kappa shape index (κ3) is 3.23. The van der Waals surface area contributed by atoms with Gasteiger partial charge in [0, 0.05) is 25.2 Å². The van der Waals surface area contributed by atoms with Crippen LogP contribution in [0.1, 0.15) is 52.9 Å². The van der Waals surface area contributed by atoms with Gasteiger partial charge in [0.05, 0.1) is 0 Å². The van der Waals surface area contributed by atoms with Crippen LogP contribution >= 0.6 is 0 Å². The van der Waals surface area contributed by atoms with Gasteiger partial charge in [-0.05, 0) is 50.4 Å². The van der Waals surface area contributed by atoms with E-state index in [1.165, 1.54) is 45.2 Å². The Bertz CT molecular complexity index is 239. The highest BCUT2D eigenvalue weighted by Crippen LogP contribution is 2.36. The number of nitrogens with zero attached hydrogens (tertiary/aromatic N) is 1. The standard InChI is InChI=1S/C15H30N2/c1-11(2)7-8-12(3)17-9-13-5-4-6-15(16)14(13)10-17/h11-15H,4-10,16H2,1-3H3. The minimum absolute atomic E-state index is 0.482. The predicted octanol–water partition coefficient (Wildman–Crippen LogP) is 2.87. The van der Waals surface area contributed by atoms with Crippen molar-refractivity contribution >= 4 is 0 Å². The van der Waals surface area contributed by atoms with Crippen LogP contribution in [0, 0.1) is 17.8 Å². The highest BCUT2D eigenvalue weighted by atomic mass is 15.2. The van der Waals surface area contributed by atoms with Crippen LogP contribution in [0.3, 0.4) is 0 Å². The molecule has 0 radical (unpaired) electrons. The predicted molar refractivity (Wildman–Crippen MR) is 73.9 cm³/mol. The van der Waals surface area contributed by atoms with Gasteiger partial charge >= 0.3 is 0 Å². The number of hydrogen-bond donors (Lipinski definition) is 1. The summed E-state index contributed by atoms with van der Waals surface area (Å²) in [6.07, 6.45) is 6.75. The number of likely N-dealkylation sites (tertiary alicyclic amines) is 1. The molecular formula is C15H30N2. The van der Waals surface area contributed by atoms with Gasteiger partial charge in [-0.3, -0.25) is 0 Å². The smallest absolute Gasteiger partial charge is 0.00825 e. The Kier molecular flexibility index (Phi) is 4.48. The van der Waals surface area contributed by atoms with Crippen molar-refractivity contribution in [3.8, 4) is 0 Å². The van der Waals surface area contributed by atoms with Crippen LogP contribution in [0.2, 0.25) is 0 Å². The molecule has 1 saturated carbocycles. The molecule has 17 heavy (non-hydrogen) atoms. The normalized spacial score (nSPS) is 36.2. The third-order valence-corrected chi connectivity index (χ3v) is 4.97. The Morgan fingerprint density at radius 1 is 1.12 bits per heavy atom. The molecule has 1 aliphatic heterocycles. The van der Waals surface area contributed by atoms with E-state index in [4.69, 9.17) is 5.73 Å². The SMILES string of the molecule is CC(C)CCC(C)N1CC2CCCC(N)C2C1.